The fourth-order valence-electron chi connectivity index (χ4n) is 3.40. The normalized spacial score (nSPS) is 12.2. The zero-order chi connectivity index (χ0) is 16.1. The van der Waals surface area contributed by atoms with Crippen LogP contribution in [0.3, 0.4) is 0 Å². The lowest BCUT2D eigenvalue weighted by Crippen LogP contribution is -1.87. The standard InChI is InChI=1S/C21H14N2O/c1-13-9-19(24-23-13)22-12-14-10-17-7-5-15-3-2-4-16-6-8-18(11-14)21(17)20(15)16/h2-12H,1H3/b22-12+. The van der Waals surface area contributed by atoms with Crippen molar-refractivity contribution in [1.29, 1.82) is 0 Å². The van der Waals surface area contributed by atoms with Gasteiger partial charge in [-0.05, 0) is 56.9 Å². The highest BCUT2D eigenvalue weighted by Gasteiger charge is 2.08. The molecule has 0 fully saturated rings. The van der Waals surface area contributed by atoms with Crippen molar-refractivity contribution < 1.29 is 4.52 Å². The van der Waals surface area contributed by atoms with Crippen LogP contribution < -0.4 is 0 Å². The molecule has 0 amide bonds. The number of hydrogen-bond donors (Lipinski definition) is 0. The fraction of sp³-hybridized carbons (Fsp3) is 0.0476. The molecule has 0 aliphatic heterocycles. The van der Waals surface area contributed by atoms with Crippen molar-refractivity contribution in [3.05, 3.63) is 71.9 Å². The van der Waals surface area contributed by atoms with Crippen LogP contribution in [-0.4, -0.2) is 11.4 Å². The van der Waals surface area contributed by atoms with Gasteiger partial charge in [0, 0.05) is 12.3 Å². The van der Waals surface area contributed by atoms with E-state index in [4.69, 9.17) is 4.52 Å². The minimum Gasteiger partial charge on any atom is -0.336 e. The molecule has 4 aromatic carbocycles. The van der Waals surface area contributed by atoms with E-state index in [1.807, 2.05) is 19.2 Å². The third-order valence-electron chi connectivity index (χ3n) is 4.44. The minimum atomic E-state index is 0.526. The van der Waals surface area contributed by atoms with E-state index in [0.29, 0.717) is 5.88 Å². The summed E-state index contributed by atoms with van der Waals surface area (Å²) in [4.78, 5) is 4.38. The third-order valence-corrected chi connectivity index (χ3v) is 4.44. The summed E-state index contributed by atoms with van der Waals surface area (Å²) in [5.74, 6) is 0.526. The molecule has 0 N–H and O–H groups in total. The van der Waals surface area contributed by atoms with Crippen LogP contribution in [0.2, 0.25) is 0 Å². The number of rotatable bonds is 2. The molecule has 1 heterocycles. The van der Waals surface area contributed by atoms with Crippen molar-refractivity contribution >= 4 is 44.4 Å². The molecule has 3 nitrogen and oxygen atoms in total. The molecule has 0 radical (unpaired) electrons. The molecule has 0 saturated carbocycles. The first-order valence-corrected chi connectivity index (χ1v) is 7.93. The van der Waals surface area contributed by atoms with Crippen LogP contribution in [0.5, 0.6) is 0 Å². The van der Waals surface area contributed by atoms with Crippen LogP contribution >= 0.6 is 0 Å². The highest BCUT2D eigenvalue weighted by Crippen LogP contribution is 2.34. The Balaban J connectivity index is 1.73. The van der Waals surface area contributed by atoms with Gasteiger partial charge in [-0.15, -0.1) is 0 Å². The summed E-state index contributed by atoms with van der Waals surface area (Å²) < 4.78 is 5.14. The lowest BCUT2D eigenvalue weighted by atomic mass is 9.93. The van der Waals surface area contributed by atoms with E-state index >= 15 is 0 Å². The average molecular weight is 310 g/mol. The maximum Gasteiger partial charge on any atom is 0.250 e. The highest BCUT2D eigenvalue weighted by atomic mass is 16.5. The second kappa shape index (κ2) is 4.90. The van der Waals surface area contributed by atoms with Crippen molar-refractivity contribution in [2.24, 2.45) is 4.99 Å². The number of aliphatic imine (C=N–C) groups is 1. The SMILES string of the molecule is Cc1cc(/N=C/c2cc3ccc4cccc5ccc(c2)c3c45)on1. The van der Waals surface area contributed by atoms with Gasteiger partial charge in [-0.1, -0.05) is 47.6 Å². The second-order valence-corrected chi connectivity index (χ2v) is 6.12. The van der Waals surface area contributed by atoms with Gasteiger partial charge in [0.25, 0.3) is 5.88 Å². The van der Waals surface area contributed by atoms with Crippen LogP contribution in [-0.2, 0) is 0 Å². The first-order valence-electron chi connectivity index (χ1n) is 7.93. The first kappa shape index (κ1) is 13.3. The molecule has 114 valence electrons. The van der Waals surface area contributed by atoms with E-state index in [-0.39, 0.29) is 0 Å². The van der Waals surface area contributed by atoms with Crippen molar-refractivity contribution in [3.8, 4) is 0 Å². The molecule has 1 aromatic heterocycles. The summed E-state index contributed by atoms with van der Waals surface area (Å²) in [6.07, 6.45) is 1.83. The van der Waals surface area contributed by atoms with E-state index in [9.17, 15) is 0 Å². The number of aryl methyl sites for hydroxylation is 1. The van der Waals surface area contributed by atoms with Crippen molar-refractivity contribution in [1.82, 2.24) is 5.16 Å². The Morgan fingerprint density at radius 2 is 1.46 bits per heavy atom. The molecular weight excluding hydrogens is 296 g/mol. The van der Waals surface area contributed by atoms with Crippen molar-refractivity contribution in [2.75, 3.05) is 0 Å². The summed E-state index contributed by atoms with van der Waals surface area (Å²) in [6, 6.07) is 21.3. The summed E-state index contributed by atoms with van der Waals surface area (Å²) in [5.41, 5.74) is 1.88. The third kappa shape index (κ3) is 1.98. The van der Waals surface area contributed by atoms with Gasteiger partial charge in [-0.25, -0.2) is 4.99 Å². The van der Waals surface area contributed by atoms with Crippen LogP contribution in [0.25, 0.3) is 32.3 Å². The quantitative estimate of drug-likeness (QED) is 0.313. The number of benzene rings is 4. The Morgan fingerprint density at radius 1 is 0.833 bits per heavy atom. The number of aromatic nitrogens is 1. The van der Waals surface area contributed by atoms with E-state index < -0.39 is 0 Å². The maximum atomic E-state index is 5.14. The molecule has 0 bridgehead atoms. The Hall–Kier alpha value is -3.20. The fourth-order valence-corrected chi connectivity index (χ4v) is 3.40. The first-order chi connectivity index (χ1) is 11.8. The lowest BCUT2D eigenvalue weighted by Gasteiger charge is -2.11. The molecule has 0 aliphatic carbocycles. The van der Waals surface area contributed by atoms with Gasteiger partial charge in [-0.3, -0.25) is 0 Å². The molecule has 5 aromatic rings. The van der Waals surface area contributed by atoms with E-state index in [0.717, 1.165) is 11.3 Å². The second-order valence-electron chi connectivity index (χ2n) is 6.12. The summed E-state index contributed by atoms with van der Waals surface area (Å²) in [5, 5.41) is 11.5. The number of hydrogen-bond acceptors (Lipinski definition) is 3. The van der Waals surface area contributed by atoms with Gasteiger partial charge in [0.2, 0.25) is 0 Å². The molecule has 0 spiro atoms. The van der Waals surface area contributed by atoms with Gasteiger partial charge in [-0.2, -0.15) is 0 Å². The monoisotopic (exact) mass is 310 g/mol. The molecule has 24 heavy (non-hydrogen) atoms. The van der Waals surface area contributed by atoms with Gasteiger partial charge in [0.1, 0.15) is 0 Å². The molecule has 5 rings (SSSR count). The van der Waals surface area contributed by atoms with Crippen molar-refractivity contribution in [3.63, 3.8) is 0 Å². The minimum absolute atomic E-state index is 0.526. The molecule has 0 aliphatic rings. The maximum absolute atomic E-state index is 5.14. The highest BCUT2D eigenvalue weighted by molar-refractivity contribution is 6.23. The van der Waals surface area contributed by atoms with Crippen LogP contribution in [0.4, 0.5) is 5.88 Å². The average Bonchev–Trinajstić information content (AvgIpc) is 3.03. The van der Waals surface area contributed by atoms with Gasteiger partial charge < -0.3 is 4.52 Å². The van der Waals surface area contributed by atoms with Gasteiger partial charge >= 0.3 is 0 Å². The smallest absolute Gasteiger partial charge is 0.250 e. The zero-order valence-electron chi connectivity index (χ0n) is 13.2. The summed E-state index contributed by atoms with van der Waals surface area (Å²) in [6.45, 7) is 1.89. The molecule has 0 unspecified atom stereocenters. The van der Waals surface area contributed by atoms with Gasteiger partial charge in [0.15, 0.2) is 0 Å². The Morgan fingerprint density at radius 3 is 2.08 bits per heavy atom. The largest absolute Gasteiger partial charge is 0.336 e. The van der Waals surface area contributed by atoms with E-state index in [1.54, 1.807) is 0 Å². The van der Waals surface area contributed by atoms with Crippen LogP contribution in [0.1, 0.15) is 11.3 Å². The number of nitrogens with zero attached hydrogens (tertiary/aromatic N) is 2. The Bertz CT molecular complexity index is 1150. The van der Waals surface area contributed by atoms with Crippen molar-refractivity contribution in [2.45, 2.75) is 6.92 Å². The molecular formula is C21H14N2O. The predicted molar refractivity (Wildman–Crippen MR) is 98.6 cm³/mol. The van der Waals surface area contributed by atoms with E-state index in [2.05, 4.69) is 64.7 Å². The lowest BCUT2D eigenvalue weighted by molar-refractivity contribution is 0.425. The summed E-state index contributed by atoms with van der Waals surface area (Å²) in [7, 11) is 0. The van der Waals surface area contributed by atoms with E-state index in [1.165, 1.54) is 32.3 Å². The molecule has 3 heteroatoms. The topological polar surface area (TPSA) is 38.4 Å². The molecule has 0 saturated heterocycles. The molecule has 0 atom stereocenters. The zero-order valence-corrected chi connectivity index (χ0v) is 13.2. The Labute approximate surface area is 138 Å². The van der Waals surface area contributed by atoms with Crippen LogP contribution in [0, 0.1) is 6.92 Å². The van der Waals surface area contributed by atoms with Crippen LogP contribution in [0.15, 0.2) is 70.2 Å². The predicted octanol–water partition coefficient (Wildman–Crippen LogP) is 5.63. The Kier molecular flexibility index (Phi) is 2.71. The van der Waals surface area contributed by atoms with Gasteiger partial charge in [0.05, 0.1) is 5.69 Å². The summed E-state index contributed by atoms with van der Waals surface area (Å²) >= 11 is 0.